The summed E-state index contributed by atoms with van der Waals surface area (Å²) in [6, 6.07) is 6.63. The number of rotatable bonds is 4. The first-order valence-corrected chi connectivity index (χ1v) is 5.81. The van der Waals surface area contributed by atoms with Crippen LogP contribution in [0.3, 0.4) is 0 Å². The van der Waals surface area contributed by atoms with Gasteiger partial charge in [0.2, 0.25) is 0 Å². The molecule has 16 heavy (non-hydrogen) atoms. The number of aryl methyl sites for hydroxylation is 1. The van der Waals surface area contributed by atoms with Crippen molar-refractivity contribution in [3.8, 4) is 5.75 Å². The Labute approximate surface area is 96.8 Å². The monoisotopic (exact) mass is 221 g/mol. The Morgan fingerprint density at radius 2 is 2.38 bits per heavy atom. The number of nitrogens with one attached hydrogen (secondary N) is 1. The third kappa shape index (κ3) is 2.67. The normalized spacial score (nSPS) is 16.1. The topological polar surface area (TPSA) is 30.5 Å². The molecule has 0 aliphatic carbocycles. The molecule has 1 N–H and O–H groups in total. The fourth-order valence-corrected chi connectivity index (χ4v) is 2.03. The van der Waals surface area contributed by atoms with Gasteiger partial charge in [0.1, 0.15) is 5.75 Å². The first-order valence-electron chi connectivity index (χ1n) is 5.81. The lowest BCUT2D eigenvalue weighted by molar-refractivity contribution is 0.190. The Balaban J connectivity index is 2.05. The Morgan fingerprint density at radius 1 is 1.50 bits per heavy atom. The molecule has 0 radical (unpaired) electrons. The highest BCUT2D eigenvalue weighted by molar-refractivity contribution is 5.52. The third-order valence-electron chi connectivity index (χ3n) is 2.74. The molecule has 2 rings (SSSR count). The third-order valence-corrected chi connectivity index (χ3v) is 2.74. The molecule has 0 spiro atoms. The molecule has 1 atom stereocenters. The van der Waals surface area contributed by atoms with Crippen LogP contribution in [0.15, 0.2) is 18.2 Å². The minimum atomic E-state index is 0.326. The molecule has 3 heteroatoms. The summed E-state index contributed by atoms with van der Waals surface area (Å²) in [5.74, 6) is 1.04. The molecule has 88 valence electrons. The molecule has 0 saturated heterocycles. The van der Waals surface area contributed by atoms with Gasteiger partial charge in [-0.15, -0.1) is 0 Å². The average Bonchev–Trinajstić information content (AvgIpc) is 2.29. The van der Waals surface area contributed by atoms with Crippen molar-refractivity contribution < 1.29 is 9.47 Å². The van der Waals surface area contributed by atoms with Gasteiger partial charge in [-0.25, -0.2) is 0 Å². The lowest BCUT2D eigenvalue weighted by Crippen LogP contribution is -2.21. The number of hydrogen-bond acceptors (Lipinski definition) is 3. The number of fused-ring (bicyclic) bond motifs is 1. The minimum Gasteiger partial charge on any atom is -0.493 e. The zero-order valence-corrected chi connectivity index (χ0v) is 9.95. The number of methoxy groups -OCH3 is 1. The van der Waals surface area contributed by atoms with Crippen LogP contribution in [0.2, 0.25) is 0 Å². The second-order valence-corrected chi connectivity index (χ2v) is 4.28. The van der Waals surface area contributed by atoms with Crippen molar-refractivity contribution in [1.29, 1.82) is 0 Å². The molecule has 3 nitrogen and oxygen atoms in total. The fraction of sp³-hybridized carbons (Fsp3) is 0.538. The van der Waals surface area contributed by atoms with Gasteiger partial charge in [0.05, 0.1) is 13.2 Å². The molecule has 0 aromatic heterocycles. The summed E-state index contributed by atoms with van der Waals surface area (Å²) in [6.45, 7) is 3.67. The fourth-order valence-electron chi connectivity index (χ4n) is 2.03. The molecule has 1 aliphatic heterocycles. The van der Waals surface area contributed by atoms with Gasteiger partial charge in [0, 0.05) is 18.8 Å². The largest absolute Gasteiger partial charge is 0.493 e. The average molecular weight is 221 g/mol. The summed E-state index contributed by atoms with van der Waals surface area (Å²) in [7, 11) is 1.72. The lowest BCUT2D eigenvalue weighted by Gasteiger charge is -2.20. The van der Waals surface area contributed by atoms with Crippen LogP contribution < -0.4 is 10.1 Å². The van der Waals surface area contributed by atoms with Gasteiger partial charge in [0.25, 0.3) is 0 Å². The predicted molar refractivity (Wildman–Crippen MR) is 65.2 cm³/mol. The van der Waals surface area contributed by atoms with E-state index in [4.69, 9.17) is 9.47 Å². The van der Waals surface area contributed by atoms with Crippen molar-refractivity contribution in [1.82, 2.24) is 0 Å². The molecule has 1 aromatic carbocycles. The van der Waals surface area contributed by atoms with Crippen LogP contribution in [0, 0.1) is 0 Å². The SMILES string of the molecule is COCC(C)Nc1ccc2c(c1)CCCO2. The molecular formula is C13H19NO2. The molecule has 1 unspecified atom stereocenters. The van der Waals surface area contributed by atoms with E-state index in [0.29, 0.717) is 12.6 Å². The molecule has 1 heterocycles. The molecule has 1 aromatic rings. The molecule has 0 saturated carbocycles. The second-order valence-electron chi connectivity index (χ2n) is 4.28. The van der Waals surface area contributed by atoms with Gasteiger partial charge in [-0.3, -0.25) is 0 Å². The highest BCUT2D eigenvalue weighted by Crippen LogP contribution is 2.27. The van der Waals surface area contributed by atoms with Gasteiger partial charge in [-0.05, 0) is 43.5 Å². The van der Waals surface area contributed by atoms with Crippen molar-refractivity contribution in [2.45, 2.75) is 25.8 Å². The van der Waals surface area contributed by atoms with Crippen molar-refractivity contribution in [3.05, 3.63) is 23.8 Å². The van der Waals surface area contributed by atoms with Gasteiger partial charge in [0.15, 0.2) is 0 Å². The van der Waals surface area contributed by atoms with Crippen LogP contribution in [0.25, 0.3) is 0 Å². The van der Waals surface area contributed by atoms with Crippen LogP contribution >= 0.6 is 0 Å². The number of hydrogen-bond donors (Lipinski definition) is 1. The summed E-state index contributed by atoms with van der Waals surface area (Å²) in [6.07, 6.45) is 2.23. The van der Waals surface area contributed by atoms with E-state index in [1.54, 1.807) is 7.11 Å². The second kappa shape index (κ2) is 5.21. The van der Waals surface area contributed by atoms with Gasteiger partial charge >= 0.3 is 0 Å². The van der Waals surface area contributed by atoms with Crippen LogP contribution in [-0.2, 0) is 11.2 Å². The van der Waals surface area contributed by atoms with E-state index in [1.165, 1.54) is 5.56 Å². The van der Waals surface area contributed by atoms with Crippen molar-refractivity contribution in [2.75, 3.05) is 25.6 Å². The van der Waals surface area contributed by atoms with Crippen LogP contribution in [0.1, 0.15) is 18.9 Å². The van der Waals surface area contributed by atoms with Crippen LogP contribution in [0.4, 0.5) is 5.69 Å². The smallest absolute Gasteiger partial charge is 0.122 e. The molecule has 1 aliphatic rings. The number of ether oxygens (including phenoxy) is 2. The van der Waals surface area contributed by atoms with Gasteiger partial charge < -0.3 is 14.8 Å². The van der Waals surface area contributed by atoms with E-state index in [0.717, 1.165) is 30.9 Å². The van der Waals surface area contributed by atoms with E-state index >= 15 is 0 Å². The highest BCUT2D eigenvalue weighted by atomic mass is 16.5. The summed E-state index contributed by atoms with van der Waals surface area (Å²) in [5.41, 5.74) is 2.45. The van der Waals surface area contributed by atoms with E-state index in [9.17, 15) is 0 Å². The molecule has 0 fully saturated rings. The van der Waals surface area contributed by atoms with E-state index < -0.39 is 0 Å². The first kappa shape index (κ1) is 11.3. The predicted octanol–water partition coefficient (Wildman–Crippen LogP) is 2.46. The Morgan fingerprint density at radius 3 is 3.19 bits per heavy atom. The van der Waals surface area contributed by atoms with Gasteiger partial charge in [-0.1, -0.05) is 0 Å². The van der Waals surface area contributed by atoms with Crippen LogP contribution in [0.5, 0.6) is 5.75 Å². The quantitative estimate of drug-likeness (QED) is 0.847. The molecular weight excluding hydrogens is 202 g/mol. The van der Waals surface area contributed by atoms with E-state index in [-0.39, 0.29) is 0 Å². The maximum atomic E-state index is 5.58. The van der Waals surface area contributed by atoms with Crippen molar-refractivity contribution in [2.24, 2.45) is 0 Å². The zero-order valence-electron chi connectivity index (χ0n) is 9.95. The van der Waals surface area contributed by atoms with Crippen molar-refractivity contribution >= 4 is 5.69 Å². The van der Waals surface area contributed by atoms with Gasteiger partial charge in [-0.2, -0.15) is 0 Å². The maximum Gasteiger partial charge on any atom is 0.122 e. The van der Waals surface area contributed by atoms with E-state index in [1.807, 2.05) is 0 Å². The zero-order chi connectivity index (χ0) is 11.4. The first-order chi connectivity index (χ1) is 7.79. The summed E-state index contributed by atoms with van der Waals surface area (Å²) in [4.78, 5) is 0. The number of benzene rings is 1. The molecule has 0 amide bonds. The Kier molecular flexibility index (Phi) is 3.67. The highest BCUT2D eigenvalue weighted by Gasteiger charge is 2.11. The minimum absolute atomic E-state index is 0.326. The van der Waals surface area contributed by atoms with Crippen molar-refractivity contribution in [3.63, 3.8) is 0 Å². The van der Waals surface area contributed by atoms with Crippen LogP contribution in [-0.4, -0.2) is 26.4 Å². The summed E-state index contributed by atoms with van der Waals surface area (Å²) in [5, 5.41) is 3.41. The lowest BCUT2D eigenvalue weighted by atomic mass is 10.1. The Hall–Kier alpha value is -1.22. The van der Waals surface area contributed by atoms with E-state index in [2.05, 4.69) is 30.4 Å². The standard InChI is InChI=1S/C13H19NO2/c1-10(9-15-2)14-12-5-6-13-11(8-12)4-3-7-16-13/h5-6,8,10,14H,3-4,7,9H2,1-2H3. The maximum absolute atomic E-state index is 5.58. The number of anilines is 1. The summed E-state index contributed by atoms with van der Waals surface area (Å²) < 4.78 is 10.7. The Bertz CT molecular complexity index is 352. The molecule has 0 bridgehead atoms. The summed E-state index contributed by atoms with van der Waals surface area (Å²) >= 11 is 0.